The Balaban J connectivity index is 1.95. The Labute approximate surface area is 132 Å². The summed E-state index contributed by atoms with van der Waals surface area (Å²) in [5.41, 5.74) is 1.60. The van der Waals surface area contributed by atoms with E-state index in [1.165, 1.54) is 10.6 Å². The minimum absolute atomic E-state index is 0.139. The van der Waals surface area contributed by atoms with Gasteiger partial charge in [-0.3, -0.25) is 4.79 Å². The molecule has 0 aromatic heterocycles. The molecule has 0 saturated carbocycles. The standard InChI is InChI=1S/C15H23N3O3S/c1-17(2)13-8-6-12(7-9-13)15(19)16-11-14-5-4-10-18(14)22(3,20)21/h6-9,14H,4-5,10-11H2,1-3H3,(H,16,19). The van der Waals surface area contributed by atoms with Gasteiger partial charge in [0, 0.05) is 44.5 Å². The molecule has 1 amide bonds. The highest BCUT2D eigenvalue weighted by molar-refractivity contribution is 7.88. The van der Waals surface area contributed by atoms with Gasteiger partial charge in [0.15, 0.2) is 0 Å². The number of nitrogens with zero attached hydrogens (tertiary/aromatic N) is 2. The second-order valence-corrected chi connectivity index (χ2v) is 7.76. The molecule has 1 aromatic rings. The highest BCUT2D eigenvalue weighted by Crippen LogP contribution is 2.19. The first-order chi connectivity index (χ1) is 10.3. The summed E-state index contributed by atoms with van der Waals surface area (Å²) in [6.45, 7) is 0.887. The number of amides is 1. The Morgan fingerprint density at radius 3 is 2.50 bits per heavy atom. The van der Waals surface area contributed by atoms with E-state index in [1.54, 1.807) is 12.1 Å². The molecule has 1 aliphatic heterocycles. The third-order valence-corrected chi connectivity index (χ3v) is 5.23. The molecule has 1 unspecified atom stereocenters. The monoisotopic (exact) mass is 325 g/mol. The van der Waals surface area contributed by atoms with Crippen LogP contribution in [0.4, 0.5) is 5.69 Å². The van der Waals surface area contributed by atoms with Crippen molar-refractivity contribution in [2.24, 2.45) is 0 Å². The van der Waals surface area contributed by atoms with Crippen LogP contribution in [-0.2, 0) is 10.0 Å². The van der Waals surface area contributed by atoms with Crippen LogP contribution in [0.3, 0.4) is 0 Å². The molecule has 1 atom stereocenters. The number of benzene rings is 1. The summed E-state index contributed by atoms with van der Waals surface area (Å²) in [5, 5.41) is 2.83. The summed E-state index contributed by atoms with van der Waals surface area (Å²) in [6, 6.07) is 7.17. The van der Waals surface area contributed by atoms with Gasteiger partial charge in [-0.25, -0.2) is 8.42 Å². The molecule has 1 fully saturated rings. The summed E-state index contributed by atoms with van der Waals surface area (Å²) in [6.07, 6.45) is 2.84. The zero-order chi connectivity index (χ0) is 16.3. The smallest absolute Gasteiger partial charge is 0.251 e. The minimum atomic E-state index is -3.20. The first-order valence-electron chi connectivity index (χ1n) is 7.31. The van der Waals surface area contributed by atoms with Crippen molar-refractivity contribution in [3.63, 3.8) is 0 Å². The van der Waals surface area contributed by atoms with E-state index in [0.29, 0.717) is 18.7 Å². The van der Waals surface area contributed by atoms with Gasteiger partial charge in [0.25, 0.3) is 5.91 Å². The molecule has 1 heterocycles. The van der Waals surface area contributed by atoms with Gasteiger partial charge in [-0.1, -0.05) is 0 Å². The molecule has 0 radical (unpaired) electrons. The van der Waals surface area contributed by atoms with Crippen LogP contribution in [0.25, 0.3) is 0 Å². The van der Waals surface area contributed by atoms with E-state index in [0.717, 1.165) is 18.5 Å². The van der Waals surface area contributed by atoms with Gasteiger partial charge in [0.1, 0.15) is 0 Å². The SMILES string of the molecule is CN(C)c1ccc(C(=O)NCC2CCCN2S(C)(=O)=O)cc1. The maximum absolute atomic E-state index is 12.1. The van der Waals surface area contributed by atoms with Crippen molar-refractivity contribution in [2.45, 2.75) is 18.9 Å². The van der Waals surface area contributed by atoms with E-state index in [9.17, 15) is 13.2 Å². The predicted molar refractivity (Wildman–Crippen MR) is 87.7 cm³/mol. The summed E-state index contributed by atoms with van der Waals surface area (Å²) < 4.78 is 24.8. The summed E-state index contributed by atoms with van der Waals surface area (Å²) in [4.78, 5) is 14.1. The molecule has 1 aliphatic rings. The number of carbonyl (C=O) groups excluding carboxylic acids is 1. The molecule has 1 aromatic carbocycles. The molecule has 1 saturated heterocycles. The van der Waals surface area contributed by atoms with Gasteiger partial charge < -0.3 is 10.2 Å². The summed E-state index contributed by atoms with van der Waals surface area (Å²) in [7, 11) is 0.676. The number of hydrogen-bond acceptors (Lipinski definition) is 4. The van der Waals surface area contributed by atoms with Crippen molar-refractivity contribution in [2.75, 3.05) is 38.3 Å². The Bertz CT molecular complexity index is 626. The number of hydrogen-bond donors (Lipinski definition) is 1. The Kier molecular flexibility index (Phi) is 5.08. The normalized spacial score (nSPS) is 19.1. The van der Waals surface area contributed by atoms with Gasteiger partial charge in [-0.2, -0.15) is 4.31 Å². The molecule has 7 heteroatoms. The lowest BCUT2D eigenvalue weighted by atomic mass is 10.1. The van der Waals surface area contributed by atoms with Crippen molar-refractivity contribution < 1.29 is 13.2 Å². The lowest BCUT2D eigenvalue weighted by Gasteiger charge is -2.22. The molecule has 0 spiro atoms. The van der Waals surface area contributed by atoms with E-state index >= 15 is 0 Å². The van der Waals surface area contributed by atoms with Crippen molar-refractivity contribution in [1.82, 2.24) is 9.62 Å². The van der Waals surface area contributed by atoms with Gasteiger partial charge in [0.2, 0.25) is 10.0 Å². The Morgan fingerprint density at radius 2 is 1.95 bits per heavy atom. The summed E-state index contributed by atoms with van der Waals surface area (Å²) in [5.74, 6) is -0.175. The first-order valence-corrected chi connectivity index (χ1v) is 9.16. The molecular formula is C15H23N3O3S. The molecule has 22 heavy (non-hydrogen) atoms. The fraction of sp³-hybridized carbons (Fsp3) is 0.533. The van der Waals surface area contributed by atoms with Gasteiger partial charge >= 0.3 is 0 Å². The molecule has 1 N–H and O–H groups in total. The van der Waals surface area contributed by atoms with E-state index in [4.69, 9.17) is 0 Å². The maximum Gasteiger partial charge on any atom is 0.251 e. The Morgan fingerprint density at radius 1 is 1.32 bits per heavy atom. The molecule has 0 bridgehead atoms. The third-order valence-electron chi connectivity index (χ3n) is 3.89. The van der Waals surface area contributed by atoms with E-state index in [1.807, 2.05) is 31.1 Å². The fourth-order valence-electron chi connectivity index (χ4n) is 2.67. The number of carbonyl (C=O) groups is 1. The van der Waals surface area contributed by atoms with Crippen LogP contribution in [0.15, 0.2) is 24.3 Å². The third kappa shape index (κ3) is 3.98. The van der Waals surface area contributed by atoms with Crippen LogP contribution in [-0.4, -0.2) is 58.1 Å². The van der Waals surface area contributed by atoms with Crippen molar-refractivity contribution in [3.05, 3.63) is 29.8 Å². The average Bonchev–Trinajstić information content (AvgIpc) is 2.93. The van der Waals surface area contributed by atoms with Crippen LogP contribution < -0.4 is 10.2 Å². The van der Waals surface area contributed by atoms with Crippen molar-refractivity contribution >= 4 is 21.6 Å². The molecule has 122 valence electrons. The summed E-state index contributed by atoms with van der Waals surface area (Å²) >= 11 is 0. The quantitative estimate of drug-likeness (QED) is 0.873. The minimum Gasteiger partial charge on any atom is -0.378 e. The van der Waals surface area contributed by atoms with Crippen LogP contribution >= 0.6 is 0 Å². The second-order valence-electron chi connectivity index (χ2n) is 5.82. The highest BCUT2D eigenvalue weighted by atomic mass is 32.2. The fourth-order valence-corrected chi connectivity index (χ4v) is 3.86. The van der Waals surface area contributed by atoms with E-state index in [2.05, 4.69) is 5.32 Å². The lowest BCUT2D eigenvalue weighted by Crippen LogP contribution is -2.42. The second kappa shape index (κ2) is 6.66. The number of sulfonamides is 1. The van der Waals surface area contributed by atoms with Crippen molar-refractivity contribution in [3.8, 4) is 0 Å². The van der Waals surface area contributed by atoms with Gasteiger partial charge in [-0.15, -0.1) is 0 Å². The van der Waals surface area contributed by atoms with Gasteiger partial charge in [0.05, 0.1) is 6.26 Å². The van der Waals surface area contributed by atoms with E-state index < -0.39 is 10.0 Å². The Hall–Kier alpha value is -1.60. The maximum atomic E-state index is 12.1. The number of nitrogens with one attached hydrogen (secondary N) is 1. The van der Waals surface area contributed by atoms with Crippen LogP contribution in [0.5, 0.6) is 0 Å². The highest BCUT2D eigenvalue weighted by Gasteiger charge is 2.31. The van der Waals surface area contributed by atoms with E-state index in [-0.39, 0.29) is 11.9 Å². The lowest BCUT2D eigenvalue weighted by molar-refractivity contribution is 0.0946. The largest absolute Gasteiger partial charge is 0.378 e. The predicted octanol–water partition coefficient (Wildman–Crippen LogP) is 0.906. The molecule has 0 aliphatic carbocycles. The van der Waals surface area contributed by atoms with Gasteiger partial charge in [-0.05, 0) is 37.1 Å². The molecular weight excluding hydrogens is 302 g/mol. The van der Waals surface area contributed by atoms with Crippen LogP contribution in [0, 0.1) is 0 Å². The van der Waals surface area contributed by atoms with Crippen molar-refractivity contribution in [1.29, 1.82) is 0 Å². The number of rotatable bonds is 5. The topological polar surface area (TPSA) is 69.7 Å². The van der Waals surface area contributed by atoms with Crippen LogP contribution in [0.1, 0.15) is 23.2 Å². The zero-order valence-electron chi connectivity index (χ0n) is 13.2. The average molecular weight is 325 g/mol. The first kappa shape index (κ1) is 16.8. The zero-order valence-corrected chi connectivity index (χ0v) is 14.1. The molecule has 2 rings (SSSR count). The number of anilines is 1. The van der Waals surface area contributed by atoms with Crippen LogP contribution in [0.2, 0.25) is 0 Å². The molecule has 6 nitrogen and oxygen atoms in total.